The first-order valence-corrected chi connectivity index (χ1v) is 6.13. The average Bonchev–Trinajstić information content (AvgIpc) is 2.66. The van der Waals surface area contributed by atoms with E-state index >= 15 is 0 Å². The van der Waals surface area contributed by atoms with Gasteiger partial charge in [0.05, 0.1) is 12.3 Å². The molecule has 0 saturated carbocycles. The first-order chi connectivity index (χ1) is 7.93. The smallest absolute Gasteiger partial charge is 0.327 e. The molecule has 0 spiro atoms. The first-order valence-electron chi connectivity index (χ1n) is 6.13. The third-order valence-electron chi connectivity index (χ3n) is 2.46. The van der Waals surface area contributed by atoms with Crippen LogP contribution in [0.4, 0.5) is 0 Å². The summed E-state index contributed by atoms with van der Waals surface area (Å²) in [6.07, 6.45) is 3.77. The molecule has 17 heavy (non-hydrogen) atoms. The van der Waals surface area contributed by atoms with Crippen molar-refractivity contribution in [3.8, 4) is 0 Å². The number of esters is 1. The Kier molecular flexibility index (Phi) is 4.73. The quantitative estimate of drug-likeness (QED) is 0.585. The molecule has 0 aliphatic rings. The van der Waals surface area contributed by atoms with Crippen molar-refractivity contribution in [1.82, 2.24) is 9.78 Å². The van der Waals surface area contributed by atoms with Gasteiger partial charge in [0, 0.05) is 11.6 Å². The third kappa shape index (κ3) is 4.59. The molecule has 0 saturated heterocycles. The highest BCUT2D eigenvalue weighted by atomic mass is 16.5. The molecular formula is C13H22N2O2. The van der Waals surface area contributed by atoms with Crippen molar-refractivity contribution in [2.24, 2.45) is 0 Å². The van der Waals surface area contributed by atoms with Crippen molar-refractivity contribution in [2.75, 3.05) is 6.61 Å². The maximum Gasteiger partial charge on any atom is 0.327 e. The van der Waals surface area contributed by atoms with Crippen LogP contribution in [0.25, 0.3) is 0 Å². The van der Waals surface area contributed by atoms with E-state index in [1.165, 1.54) is 0 Å². The minimum absolute atomic E-state index is 0.0113. The SMILES string of the molecule is CCCCOC(=O)Cn1ccc(C(C)(C)C)n1. The molecule has 96 valence electrons. The summed E-state index contributed by atoms with van der Waals surface area (Å²) in [4.78, 5) is 11.5. The molecule has 1 aromatic rings. The summed E-state index contributed by atoms with van der Waals surface area (Å²) >= 11 is 0. The Morgan fingerprint density at radius 1 is 1.47 bits per heavy atom. The van der Waals surface area contributed by atoms with Gasteiger partial charge in [0.1, 0.15) is 6.54 Å². The largest absolute Gasteiger partial charge is 0.464 e. The van der Waals surface area contributed by atoms with Crippen LogP contribution < -0.4 is 0 Å². The number of unbranched alkanes of at least 4 members (excludes halogenated alkanes) is 1. The normalized spacial score (nSPS) is 11.5. The fraction of sp³-hybridized carbons (Fsp3) is 0.692. The van der Waals surface area contributed by atoms with Crippen LogP contribution >= 0.6 is 0 Å². The average molecular weight is 238 g/mol. The second-order valence-corrected chi connectivity index (χ2v) is 5.22. The Balaban J connectivity index is 2.46. The fourth-order valence-electron chi connectivity index (χ4n) is 1.36. The van der Waals surface area contributed by atoms with Crippen LogP contribution in [0.1, 0.15) is 46.2 Å². The minimum atomic E-state index is -0.220. The summed E-state index contributed by atoms with van der Waals surface area (Å²) in [6.45, 7) is 9.05. The van der Waals surface area contributed by atoms with E-state index in [0.717, 1.165) is 18.5 Å². The predicted molar refractivity (Wildman–Crippen MR) is 66.8 cm³/mol. The molecule has 0 amide bonds. The summed E-state index contributed by atoms with van der Waals surface area (Å²) in [6, 6.07) is 1.94. The van der Waals surface area contributed by atoms with Crippen LogP contribution in [0.2, 0.25) is 0 Å². The van der Waals surface area contributed by atoms with E-state index in [4.69, 9.17) is 4.74 Å². The Labute approximate surface area is 103 Å². The van der Waals surface area contributed by atoms with Gasteiger partial charge in [-0.1, -0.05) is 34.1 Å². The topological polar surface area (TPSA) is 44.1 Å². The lowest BCUT2D eigenvalue weighted by atomic mass is 9.93. The lowest BCUT2D eigenvalue weighted by Crippen LogP contribution is -2.17. The van der Waals surface area contributed by atoms with Gasteiger partial charge in [0.2, 0.25) is 0 Å². The van der Waals surface area contributed by atoms with Crippen LogP contribution in [0.5, 0.6) is 0 Å². The van der Waals surface area contributed by atoms with Crippen molar-refractivity contribution in [2.45, 2.75) is 52.5 Å². The summed E-state index contributed by atoms with van der Waals surface area (Å²) in [7, 11) is 0. The number of carbonyl (C=O) groups excluding carboxylic acids is 1. The molecule has 0 fully saturated rings. The Morgan fingerprint density at radius 3 is 2.71 bits per heavy atom. The van der Waals surface area contributed by atoms with Gasteiger partial charge in [-0.15, -0.1) is 0 Å². The van der Waals surface area contributed by atoms with E-state index in [9.17, 15) is 4.79 Å². The number of rotatable bonds is 5. The molecule has 1 heterocycles. The first kappa shape index (κ1) is 13.7. The van der Waals surface area contributed by atoms with Gasteiger partial charge >= 0.3 is 5.97 Å². The van der Waals surface area contributed by atoms with E-state index in [1.54, 1.807) is 4.68 Å². The zero-order chi connectivity index (χ0) is 12.9. The van der Waals surface area contributed by atoms with Gasteiger partial charge < -0.3 is 4.74 Å². The third-order valence-corrected chi connectivity index (χ3v) is 2.46. The molecule has 0 radical (unpaired) electrons. The van der Waals surface area contributed by atoms with E-state index in [-0.39, 0.29) is 17.9 Å². The van der Waals surface area contributed by atoms with Crippen molar-refractivity contribution < 1.29 is 9.53 Å². The van der Waals surface area contributed by atoms with Crippen LogP contribution in [0.15, 0.2) is 12.3 Å². The lowest BCUT2D eigenvalue weighted by Gasteiger charge is -2.14. The highest BCUT2D eigenvalue weighted by molar-refractivity contribution is 5.69. The number of carbonyl (C=O) groups is 1. The van der Waals surface area contributed by atoms with Crippen molar-refractivity contribution in [3.05, 3.63) is 18.0 Å². The Bertz CT molecular complexity index is 364. The monoisotopic (exact) mass is 238 g/mol. The molecular weight excluding hydrogens is 216 g/mol. The molecule has 1 rings (SSSR count). The molecule has 0 N–H and O–H groups in total. The summed E-state index contributed by atoms with van der Waals surface area (Å²) in [5.41, 5.74) is 0.996. The van der Waals surface area contributed by atoms with Crippen LogP contribution in [-0.2, 0) is 21.5 Å². The van der Waals surface area contributed by atoms with Crippen LogP contribution in [-0.4, -0.2) is 22.4 Å². The van der Waals surface area contributed by atoms with E-state index < -0.39 is 0 Å². The lowest BCUT2D eigenvalue weighted by molar-refractivity contribution is -0.144. The van der Waals surface area contributed by atoms with Gasteiger partial charge in [-0.2, -0.15) is 5.10 Å². The van der Waals surface area contributed by atoms with Crippen LogP contribution in [0.3, 0.4) is 0 Å². The molecule has 0 aliphatic heterocycles. The van der Waals surface area contributed by atoms with Gasteiger partial charge in [-0.05, 0) is 12.5 Å². The zero-order valence-corrected chi connectivity index (χ0v) is 11.2. The molecule has 0 bridgehead atoms. The van der Waals surface area contributed by atoms with Crippen molar-refractivity contribution in [3.63, 3.8) is 0 Å². The van der Waals surface area contributed by atoms with E-state index in [2.05, 4.69) is 32.8 Å². The second kappa shape index (κ2) is 5.84. The highest BCUT2D eigenvalue weighted by Gasteiger charge is 2.17. The Morgan fingerprint density at radius 2 is 2.18 bits per heavy atom. The summed E-state index contributed by atoms with van der Waals surface area (Å²) in [5, 5.41) is 4.37. The highest BCUT2D eigenvalue weighted by Crippen LogP contribution is 2.19. The van der Waals surface area contributed by atoms with E-state index in [1.807, 2.05) is 12.3 Å². The maximum atomic E-state index is 11.5. The van der Waals surface area contributed by atoms with Gasteiger partial charge in [0.15, 0.2) is 0 Å². The molecule has 4 nitrogen and oxygen atoms in total. The standard InChI is InChI=1S/C13H22N2O2/c1-5-6-9-17-12(16)10-15-8-7-11(14-15)13(2,3)4/h7-8H,5-6,9-10H2,1-4H3. The van der Waals surface area contributed by atoms with Crippen molar-refractivity contribution in [1.29, 1.82) is 0 Å². The number of nitrogens with zero attached hydrogens (tertiary/aromatic N) is 2. The van der Waals surface area contributed by atoms with Crippen LogP contribution in [0, 0.1) is 0 Å². The number of ether oxygens (including phenoxy) is 1. The molecule has 0 unspecified atom stereocenters. The molecule has 1 aromatic heterocycles. The number of aromatic nitrogens is 2. The second-order valence-electron chi connectivity index (χ2n) is 5.22. The number of hydrogen-bond donors (Lipinski definition) is 0. The predicted octanol–water partition coefficient (Wildman–Crippen LogP) is 2.52. The number of hydrogen-bond acceptors (Lipinski definition) is 3. The molecule has 4 heteroatoms. The molecule has 0 aromatic carbocycles. The maximum absolute atomic E-state index is 11.5. The molecule has 0 atom stereocenters. The zero-order valence-electron chi connectivity index (χ0n) is 11.2. The van der Waals surface area contributed by atoms with Crippen molar-refractivity contribution >= 4 is 5.97 Å². The van der Waals surface area contributed by atoms with Gasteiger partial charge in [0.25, 0.3) is 0 Å². The fourth-order valence-corrected chi connectivity index (χ4v) is 1.36. The Hall–Kier alpha value is -1.32. The summed E-state index contributed by atoms with van der Waals surface area (Å²) in [5.74, 6) is -0.220. The summed E-state index contributed by atoms with van der Waals surface area (Å²) < 4.78 is 6.72. The minimum Gasteiger partial charge on any atom is -0.464 e. The molecule has 0 aliphatic carbocycles. The van der Waals surface area contributed by atoms with Gasteiger partial charge in [-0.3, -0.25) is 9.48 Å². The van der Waals surface area contributed by atoms with E-state index in [0.29, 0.717) is 6.61 Å². The van der Waals surface area contributed by atoms with Gasteiger partial charge in [-0.25, -0.2) is 0 Å².